The van der Waals surface area contributed by atoms with E-state index < -0.39 is 0 Å². The third-order valence-electron chi connectivity index (χ3n) is 3.02. The zero-order valence-electron chi connectivity index (χ0n) is 11.4. The van der Waals surface area contributed by atoms with E-state index in [2.05, 4.69) is 35.4 Å². The smallest absolute Gasteiger partial charge is 0.0451 e. The van der Waals surface area contributed by atoms with E-state index in [1.807, 2.05) is 25.3 Å². The maximum atomic E-state index is 6.24. The SMILES string of the molecule is CCCNCc1cc(-c2ccnc(C)c2)ccc1Cl. The predicted molar refractivity (Wildman–Crippen MR) is 81.4 cm³/mol. The standard InChI is InChI=1S/C16H19ClN2/c1-3-7-18-11-15-10-13(4-5-16(15)17)14-6-8-19-12(2)9-14/h4-6,8-10,18H,3,7,11H2,1-2H3. The number of hydrogen-bond acceptors (Lipinski definition) is 2. The molecule has 1 aromatic heterocycles. The average molecular weight is 275 g/mol. The van der Waals surface area contributed by atoms with Gasteiger partial charge in [-0.15, -0.1) is 0 Å². The van der Waals surface area contributed by atoms with Crippen molar-refractivity contribution in [3.8, 4) is 11.1 Å². The Morgan fingerprint density at radius 3 is 2.68 bits per heavy atom. The molecule has 0 fully saturated rings. The Morgan fingerprint density at radius 2 is 1.95 bits per heavy atom. The van der Waals surface area contributed by atoms with E-state index in [0.29, 0.717) is 0 Å². The molecule has 19 heavy (non-hydrogen) atoms. The van der Waals surface area contributed by atoms with Gasteiger partial charge in [0, 0.05) is 23.5 Å². The molecule has 0 aliphatic carbocycles. The molecule has 0 radical (unpaired) electrons. The molecule has 0 bridgehead atoms. The van der Waals surface area contributed by atoms with E-state index in [9.17, 15) is 0 Å². The molecule has 2 nitrogen and oxygen atoms in total. The topological polar surface area (TPSA) is 24.9 Å². The molecule has 0 saturated heterocycles. The summed E-state index contributed by atoms with van der Waals surface area (Å²) in [5.74, 6) is 0. The van der Waals surface area contributed by atoms with Crippen LogP contribution in [0.4, 0.5) is 0 Å². The summed E-state index contributed by atoms with van der Waals surface area (Å²) in [4.78, 5) is 4.23. The second kappa shape index (κ2) is 6.69. The van der Waals surface area contributed by atoms with Crippen molar-refractivity contribution in [1.29, 1.82) is 0 Å². The van der Waals surface area contributed by atoms with Gasteiger partial charge in [-0.2, -0.15) is 0 Å². The van der Waals surface area contributed by atoms with Crippen molar-refractivity contribution in [2.45, 2.75) is 26.8 Å². The lowest BCUT2D eigenvalue weighted by atomic mass is 10.0. The molecule has 0 atom stereocenters. The van der Waals surface area contributed by atoms with Crippen molar-refractivity contribution in [1.82, 2.24) is 10.3 Å². The number of hydrogen-bond donors (Lipinski definition) is 1. The number of aryl methyl sites for hydroxylation is 1. The third kappa shape index (κ3) is 3.79. The van der Waals surface area contributed by atoms with Gasteiger partial charge in [-0.25, -0.2) is 0 Å². The average Bonchev–Trinajstić information content (AvgIpc) is 2.41. The number of pyridine rings is 1. The number of nitrogens with one attached hydrogen (secondary N) is 1. The number of nitrogens with zero attached hydrogens (tertiary/aromatic N) is 1. The molecule has 0 aliphatic heterocycles. The second-order valence-electron chi connectivity index (χ2n) is 4.67. The zero-order chi connectivity index (χ0) is 13.7. The first-order chi connectivity index (χ1) is 9.20. The van der Waals surface area contributed by atoms with Gasteiger partial charge < -0.3 is 5.32 Å². The van der Waals surface area contributed by atoms with Crippen LogP contribution in [0, 0.1) is 6.92 Å². The molecule has 2 rings (SSSR count). The molecule has 0 saturated carbocycles. The van der Waals surface area contributed by atoms with Crippen LogP contribution in [0.15, 0.2) is 36.5 Å². The van der Waals surface area contributed by atoms with Crippen LogP contribution >= 0.6 is 11.6 Å². The van der Waals surface area contributed by atoms with Crippen LogP contribution in [0.5, 0.6) is 0 Å². The monoisotopic (exact) mass is 274 g/mol. The van der Waals surface area contributed by atoms with Crippen molar-refractivity contribution < 1.29 is 0 Å². The Labute approximate surface area is 119 Å². The van der Waals surface area contributed by atoms with Gasteiger partial charge in [-0.3, -0.25) is 4.98 Å². The van der Waals surface area contributed by atoms with Crippen LogP contribution in [0.1, 0.15) is 24.6 Å². The fourth-order valence-corrected chi connectivity index (χ4v) is 2.20. The van der Waals surface area contributed by atoms with Gasteiger partial charge in [0.05, 0.1) is 0 Å². The minimum absolute atomic E-state index is 0.810. The Kier molecular flexibility index (Phi) is 4.94. The molecule has 0 unspecified atom stereocenters. The Balaban J connectivity index is 2.25. The molecule has 1 heterocycles. The fourth-order valence-electron chi connectivity index (χ4n) is 2.01. The lowest BCUT2D eigenvalue weighted by Gasteiger charge is -2.09. The van der Waals surface area contributed by atoms with Gasteiger partial charge in [0.15, 0.2) is 0 Å². The summed E-state index contributed by atoms with van der Waals surface area (Å²) < 4.78 is 0. The number of halogens is 1. The second-order valence-corrected chi connectivity index (χ2v) is 5.08. The molecule has 0 aliphatic rings. The summed E-state index contributed by atoms with van der Waals surface area (Å²) in [6, 6.07) is 10.3. The van der Waals surface area contributed by atoms with Crippen molar-refractivity contribution >= 4 is 11.6 Å². The highest BCUT2D eigenvalue weighted by Gasteiger charge is 2.04. The molecule has 0 amide bonds. The molecule has 0 spiro atoms. The van der Waals surface area contributed by atoms with Crippen LogP contribution < -0.4 is 5.32 Å². The summed E-state index contributed by atoms with van der Waals surface area (Å²) >= 11 is 6.24. The van der Waals surface area contributed by atoms with Gasteiger partial charge in [-0.05, 0) is 60.8 Å². The van der Waals surface area contributed by atoms with E-state index in [0.717, 1.165) is 35.8 Å². The number of rotatable bonds is 5. The van der Waals surface area contributed by atoms with Crippen LogP contribution in [-0.2, 0) is 6.54 Å². The van der Waals surface area contributed by atoms with E-state index in [1.165, 1.54) is 11.1 Å². The summed E-state index contributed by atoms with van der Waals surface area (Å²) in [5.41, 5.74) is 4.53. The quantitative estimate of drug-likeness (QED) is 0.826. The molecular weight excluding hydrogens is 256 g/mol. The maximum Gasteiger partial charge on any atom is 0.0451 e. The van der Waals surface area contributed by atoms with Gasteiger partial charge in [0.25, 0.3) is 0 Å². The van der Waals surface area contributed by atoms with Crippen molar-refractivity contribution in [2.24, 2.45) is 0 Å². The molecule has 1 aromatic carbocycles. The van der Waals surface area contributed by atoms with Crippen molar-refractivity contribution in [3.63, 3.8) is 0 Å². The highest BCUT2D eigenvalue weighted by Crippen LogP contribution is 2.25. The molecule has 2 aromatic rings. The largest absolute Gasteiger partial charge is 0.313 e. The van der Waals surface area contributed by atoms with Gasteiger partial charge in [0.1, 0.15) is 0 Å². The normalized spacial score (nSPS) is 10.7. The van der Waals surface area contributed by atoms with Gasteiger partial charge >= 0.3 is 0 Å². The lowest BCUT2D eigenvalue weighted by Crippen LogP contribution is -2.14. The number of aromatic nitrogens is 1. The van der Waals surface area contributed by atoms with Crippen molar-refractivity contribution in [3.05, 3.63) is 52.8 Å². The van der Waals surface area contributed by atoms with Gasteiger partial charge in [-0.1, -0.05) is 24.6 Å². The lowest BCUT2D eigenvalue weighted by molar-refractivity contribution is 0.676. The maximum absolute atomic E-state index is 6.24. The van der Waals surface area contributed by atoms with Crippen molar-refractivity contribution in [2.75, 3.05) is 6.54 Å². The van der Waals surface area contributed by atoms with Crippen LogP contribution in [0.3, 0.4) is 0 Å². The first-order valence-corrected chi connectivity index (χ1v) is 7.00. The fraction of sp³-hybridized carbons (Fsp3) is 0.312. The summed E-state index contributed by atoms with van der Waals surface area (Å²) in [6.07, 6.45) is 2.97. The number of benzene rings is 1. The van der Waals surface area contributed by atoms with E-state index in [1.54, 1.807) is 0 Å². The van der Waals surface area contributed by atoms with Crippen LogP contribution in [0.2, 0.25) is 5.02 Å². The predicted octanol–water partition coefficient (Wildman–Crippen LogP) is 4.21. The summed E-state index contributed by atoms with van der Waals surface area (Å²) in [5, 5.41) is 4.20. The zero-order valence-corrected chi connectivity index (χ0v) is 12.2. The Hall–Kier alpha value is -1.38. The summed E-state index contributed by atoms with van der Waals surface area (Å²) in [6.45, 7) is 5.98. The Morgan fingerprint density at radius 1 is 1.16 bits per heavy atom. The minimum atomic E-state index is 0.810. The molecule has 3 heteroatoms. The highest BCUT2D eigenvalue weighted by molar-refractivity contribution is 6.31. The minimum Gasteiger partial charge on any atom is -0.313 e. The molecule has 1 N–H and O–H groups in total. The third-order valence-corrected chi connectivity index (χ3v) is 3.39. The molecule has 100 valence electrons. The summed E-state index contributed by atoms with van der Waals surface area (Å²) in [7, 11) is 0. The highest BCUT2D eigenvalue weighted by atomic mass is 35.5. The van der Waals surface area contributed by atoms with Crippen LogP contribution in [0.25, 0.3) is 11.1 Å². The van der Waals surface area contributed by atoms with E-state index in [4.69, 9.17) is 11.6 Å². The van der Waals surface area contributed by atoms with E-state index >= 15 is 0 Å². The van der Waals surface area contributed by atoms with E-state index in [-0.39, 0.29) is 0 Å². The Bertz CT molecular complexity index is 552. The van der Waals surface area contributed by atoms with Gasteiger partial charge in [0.2, 0.25) is 0 Å². The first-order valence-electron chi connectivity index (χ1n) is 6.63. The van der Waals surface area contributed by atoms with Crippen LogP contribution in [-0.4, -0.2) is 11.5 Å². The molecular formula is C16H19ClN2. The first kappa shape index (κ1) is 14.0.